The molecule has 0 amide bonds. The van der Waals surface area contributed by atoms with Gasteiger partial charge in [0, 0.05) is 22.4 Å². The normalized spacial score (nSPS) is 14.8. The number of pyridine rings is 1. The topological polar surface area (TPSA) is 38.9 Å². The van der Waals surface area contributed by atoms with Gasteiger partial charge in [-0.05, 0) is 46.8 Å². The van der Waals surface area contributed by atoms with Gasteiger partial charge in [-0.25, -0.2) is 0 Å². The molecule has 2 N–H and O–H groups in total. The molecule has 1 heterocycles. The molecule has 1 aromatic rings. The lowest BCUT2D eigenvalue weighted by Gasteiger charge is -2.28. The highest BCUT2D eigenvalue weighted by molar-refractivity contribution is 9.10. The number of rotatable bonds is 6. The van der Waals surface area contributed by atoms with Crippen molar-refractivity contribution in [2.75, 3.05) is 0 Å². The molecule has 0 aromatic carbocycles. The minimum atomic E-state index is -0.0709. The van der Waals surface area contributed by atoms with Crippen LogP contribution in [0.2, 0.25) is 0 Å². The van der Waals surface area contributed by atoms with Crippen molar-refractivity contribution in [3.63, 3.8) is 0 Å². The van der Waals surface area contributed by atoms with Gasteiger partial charge in [0.05, 0.1) is 0 Å². The zero-order valence-electron chi connectivity index (χ0n) is 10.2. The highest BCUT2D eigenvalue weighted by Gasteiger charge is 2.22. The Balaban J connectivity index is 2.68. The van der Waals surface area contributed by atoms with Crippen LogP contribution in [0, 0.1) is 0 Å². The zero-order valence-corrected chi connectivity index (χ0v) is 11.8. The van der Waals surface area contributed by atoms with E-state index < -0.39 is 0 Å². The lowest BCUT2D eigenvalue weighted by atomic mass is 9.85. The van der Waals surface area contributed by atoms with Gasteiger partial charge in [-0.1, -0.05) is 26.7 Å². The van der Waals surface area contributed by atoms with Gasteiger partial charge in [0.25, 0.3) is 0 Å². The van der Waals surface area contributed by atoms with Crippen LogP contribution in [0.4, 0.5) is 0 Å². The summed E-state index contributed by atoms with van der Waals surface area (Å²) in [5, 5.41) is 0. The molecule has 1 unspecified atom stereocenters. The summed E-state index contributed by atoms with van der Waals surface area (Å²) in [6.07, 6.45) is 9.14. The van der Waals surface area contributed by atoms with Crippen molar-refractivity contribution in [1.82, 2.24) is 4.98 Å². The van der Waals surface area contributed by atoms with Crippen molar-refractivity contribution in [3.05, 3.63) is 28.5 Å². The summed E-state index contributed by atoms with van der Waals surface area (Å²) in [5.41, 5.74) is 7.57. The van der Waals surface area contributed by atoms with E-state index in [4.69, 9.17) is 5.73 Å². The van der Waals surface area contributed by atoms with Crippen molar-refractivity contribution in [1.29, 1.82) is 0 Å². The lowest BCUT2D eigenvalue weighted by molar-refractivity contribution is 0.364. The van der Waals surface area contributed by atoms with E-state index in [0.29, 0.717) is 0 Å². The fourth-order valence-electron chi connectivity index (χ4n) is 1.88. The Bertz CT molecular complexity index is 327. The Morgan fingerprint density at radius 1 is 1.38 bits per heavy atom. The number of unbranched alkanes of at least 4 members (excludes halogenated alkanes) is 1. The second-order valence-electron chi connectivity index (χ2n) is 4.51. The van der Waals surface area contributed by atoms with Crippen LogP contribution in [0.15, 0.2) is 22.9 Å². The van der Waals surface area contributed by atoms with E-state index in [2.05, 4.69) is 40.8 Å². The van der Waals surface area contributed by atoms with Gasteiger partial charge in [-0.2, -0.15) is 0 Å². The molecule has 16 heavy (non-hydrogen) atoms. The van der Waals surface area contributed by atoms with Crippen LogP contribution in [0.1, 0.15) is 45.1 Å². The number of nitrogens with zero attached hydrogens (tertiary/aromatic N) is 1. The van der Waals surface area contributed by atoms with Crippen molar-refractivity contribution >= 4 is 15.9 Å². The summed E-state index contributed by atoms with van der Waals surface area (Å²) >= 11 is 3.44. The van der Waals surface area contributed by atoms with Crippen molar-refractivity contribution in [2.24, 2.45) is 5.73 Å². The number of hydrogen-bond donors (Lipinski definition) is 1. The smallest absolute Gasteiger partial charge is 0.0410 e. The molecule has 0 aliphatic carbocycles. The van der Waals surface area contributed by atoms with Crippen LogP contribution in [0.5, 0.6) is 0 Å². The summed E-state index contributed by atoms with van der Waals surface area (Å²) in [5.74, 6) is 0. The predicted molar refractivity (Wildman–Crippen MR) is 72.4 cm³/mol. The van der Waals surface area contributed by atoms with Crippen molar-refractivity contribution in [2.45, 2.75) is 51.5 Å². The maximum Gasteiger partial charge on any atom is 0.0410 e. The Morgan fingerprint density at radius 2 is 2.12 bits per heavy atom. The largest absolute Gasteiger partial charge is 0.325 e. The molecule has 90 valence electrons. The first-order chi connectivity index (χ1) is 7.59. The fourth-order valence-corrected chi connectivity index (χ4v) is 2.29. The van der Waals surface area contributed by atoms with E-state index in [1.54, 1.807) is 6.20 Å². The van der Waals surface area contributed by atoms with Crippen LogP contribution < -0.4 is 5.73 Å². The highest BCUT2D eigenvalue weighted by atomic mass is 79.9. The first kappa shape index (κ1) is 13.7. The van der Waals surface area contributed by atoms with E-state index >= 15 is 0 Å². The molecule has 0 radical (unpaired) electrons. The molecule has 3 heteroatoms. The number of halogens is 1. The first-order valence-corrected chi connectivity index (χ1v) is 6.77. The third-order valence-electron chi connectivity index (χ3n) is 3.05. The molecule has 1 aromatic heterocycles. The van der Waals surface area contributed by atoms with E-state index in [9.17, 15) is 0 Å². The molecule has 0 fully saturated rings. The molecule has 0 spiro atoms. The first-order valence-electron chi connectivity index (χ1n) is 5.98. The zero-order chi connectivity index (χ0) is 12.0. The summed E-state index contributed by atoms with van der Waals surface area (Å²) < 4.78 is 1.03. The molecule has 0 saturated heterocycles. The molecule has 0 saturated carbocycles. The third-order valence-corrected chi connectivity index (χ3v) is 3.48. The maximum atomic E-state index is 6.42. The Kier molecular flexibility index (Phi) is 5.42. The second kappa shape index (κ2) is 6.36. The molecular formula is C13H21BrN2. The van der Waals surface area contributed by atoms with E-state index in [-0.39, 0.29) is 5.54 Å². The SMILES string of the molecule is CCCCC(N)(CC)Cc1cncc(Br)c1. The third kappa shape index (κ3) is 4.22. The molecule has 0 aliphatic heterocycles. The van der Waals surface area contributed by atoms with Crippen LogP contribution in [0.3, 0.4) is 0 Å². The van der Waals surface area contributed by atoms with Crippen LogP contribution in [-0.4, -0.2) is 10.5 Å². The molecule has 1 atom stereocenters. The van der Waals surface area contributed by atoms with Gasteiger partial charge >= 0.3 is 0 Å². The average molecular weight is 285 g/mol. The highest BCUT2D eigenvalue weighted by Crippen LogP contribution is 2.22. The van der Waals surface area contributed by atoms with E-state index in [0.717, 1.165) is 23.7 Å². The van der Waals surface area contributed by atoms with Crippen molar-refractivity contribution in [3.8, 4) is 0 Å². The maximum absolute atomic E-state index is 6.42. The van der Waals surface area contributed by atoms with Crippen LogP contribution in [-0.2, 0) is 6.42 Å². The second-order valence-corrected chi connectivity index (χ2v) is 5.42. The quantitative estimate of drug-likeness (QED) is 0.865. The molecule has 2 nitrogen and oxygen atoms in total. The van der Waals surface area contributed by atoms with Gasteiger partial charge in [0.1, 0.15) is 0 Å². The van der Waals surface area contributed by atoms with Crippen LogP contribution >= 0.6 is 15.9 Å². The Morgan fingerprint density at radius 3 is 2.69 bits per heavy atom. The minimum Gasteiger partial charge on any atom is -0.325 e. The molecule has 0 aliphatic rings. The van der Waals surface area contributed by atoms with E-state index in [1.165, 1.54) is 18.4 Å². The summed E-state index contributed by atoms with van der Waals surface area (Å²) in [4.78, 5) is 4.18. The molecule has 1 rings (SSSR count). The summed E-state index contributed by atoms with van der Waals surface area (Å²) in [7, 11) is 0. The van der Waals surface area contributed by atoms with Crippen molar-refractivity contribution < 1.29 is 0 Å². The lowest BCUT2D eigenvalue weighted by Crippen LogP contribution is -2.41. The Hall–Kier alpha value is -0.410. The van der Waals surface area contributed by atoms with E-state index in [1.807, 2.05) is 6.20 Å². The number of nitrogens with two attached hydrogens (primary N) is 1. The number of aromatic nitrogens is 1. The van der Waals surface area contributed by atoms with Gasteiger partial charge in [0.15, 0.2) is 0 Å². The average Bonchev–Trinajstić information content (AvgIpc) is 2.26. The van der Waals surface area contributed by atoms with Crippen LogP contribution in [0.25, 0.3) is 0 Å². The van der Waals surface area contributed by atoms with Gasteiger partial charge in [-0.15, -0.1) is 0 Å². The summed E-state index contributed by atoms with van der Waals surface area (Å²) in [6, 6.07) is 2.11. The standard InChI is InChI=1S/C13H21BrN2/c1-3-5-6-13(15,4-2)8-11-7-12(14)10-16-9-11/h7,9-10H,3-6,8,15H2,1-2H3. The number of hydrogen-bond acceptors (Lipinski definition) is 2. The summed E-state index contributed by atoms with van der Waals surface area (Å²) in [6.45, 7) is 4.37. The van der Waals surface area contributed by atoms with Gasteiger partial charge in [0.2, 0.25) is 0 Å². The Labute approximate surface area is 107 Å². The minimum absolute atomic E-state index is 0.0709. The monoisotopic (exact) mass is 284 g/mol. The molecule has 0 bridgehead atoms. The van der Waals surface area contributed by atoms with Gasteiger partial charge in [-0.3, -0.25) is 4.98 Å². The molecular weight excluding hydrogens is 264 g/mol. The predicted octanol–water partition coefficient (Wildman–Crippen LogP) is 3.68. The fraction of sp³-hybridized carbons (Fsp3) is 0.615. The van der Waals surface area contributed by atoms with Gasteiger partial charge < -0.3 is 5.73 Å².